The Bertz CT molecular complexity index is 563. The molecular formula is C13H15F2N3. The van der Waals surface area contributed by atoms with E-state index in [4.69, 9.17) is 0 Å². The van der Waals surface area contributed by atoms with Gasteiger partial charge < -0.3 is 9.88 Å². The number of hydrogen-bond donors (Lipinski definition) is 1. The lowest BCUT2D eigenvalue weighted by atomic mass is 10.0. The average Bonchev–Trinajstić information content (AvgIpc) is 2.76. The highest BCUT2D eigenvalue weighted by atomic mass is 19.1. The minimum Gasteiger partial charge on any atom is -0.340 e. The lowest BCUT2D eigenvalue weighted by Crippen LogP contribution is -2.21. The second-order valence-corrected chi connectivity index (χ2v) is 4.28. The Morgan fingerprint density at radius 1 is 1.33 bits per heavy atom. The highest BCUT2D eigenvalue weighted by molar-refractivity contribution is 5.33. The van der Waals surface area contributed by atoms with Gasteiger partial charge in [0, 0.05) is 18.8 Å². The molecule has 1 unspecified atom stereocenters. The summed E-state index contributed by atoms with van der Waals surface area (Å²) in [6.45, 7) is 1.61. The summed E-state index contributed by atoms with van der Waals surface area (Å²) in [5.74, 6) is -1.09. The molecule has 0 radical (unpaired) electrons. The van der Waals surface area contributed by atoms with Crippen LogP contribution < -0.4 is 5.32 Å². The molecule has 0 aliphatic carbocycles. The molecule has 0 aliphatic rings. The second-order valence-electron chi connectivity index (χ2n) is 4.28. The van der Waals surface area contributed by atoms with E-state index in [9.17, 15) is 8.78 Å². The summed E-state index contributed by atoms with van der Waals surface area (Å²) < 4.78 is 29.7. The molecule has 1 atom stereocenters. The largest absolute Gasteiger partial charge is 0.340 e. The maximum absolute atomic E-state index is 14.1. The number of imidazole rings is 1. The van der Waals surface area contributed by atoms with Crippen LogP contribution in [0.4, 0.5) is 8.78 Å². The van der Waals surface area contributed by atoms with Gasteiger partial charge in [-0.1, -0.05) is 6.07 Å². The van der Waals surface area contributed by atoms with Crippen LogP contribution in [0.15, 0.2) is 24.7 Å². The molecule has 0 aliphatic heterocycles. The standard InChI is InChI=1S/C13H15F2N3/c1-8-4-5-9(14)11(12(8)15)13(16-2)10-6-18(3)7-17-10/h4-7,13,16H,1-3H3. The molecular weight excluding hydrogens is 236 g/mol. The summed E-state index contributed by atoms with van der Waals surface area (Å²) in [5, 5.41) is 2.90. The van der Waals surface area contributed by atoms with Crippen molar-refractivity contribution in [1.29, 1.82) is 0 Å². The Balaban J connectivity index is 2.55. The van der Waals surface area contributed by atoms with Gasteiger partial charge >= 0.3 is 0 Å². The fourth-order valence-electron chi connectivity index (χ4n) is 1.97. The van der Waals surface area contributed by atoms with E-state index in [1.165, 1.54) is 12.1 Å². The van der Waals surface area contributed by atoms with Gasteiger partial charge in [-0.25, -0.2) is 13.8 Å². The van der Waals surface area contributed by atoms with Crippen LogP contribution >= 0.6 is 0 Å². The third-order valence-corrected chi connectivity index (χ3v) is 2.92. The van der Waals surface area contributed by atoms with Crippen LogP contribution in [0, 0.1) is 18.6 Å². The number of benzene rings is 1. The maximum Gasteiger partial charge on any atom is 0.134 e. The van der Waals surface area contributed by atoms with Crippen molar-refractivity contribution >= 4 is 0 Å². The van der Waals surface area contributed by atoms with Gasteiger partial charge in [-0.3, -0.25) is 0 Å². The zero-order valence-electron chi connectivity index (χ0n) is 10.5. The number of aryl methyl sites for hydroxylation is 2. The van der Waals surface area contributed by atoms with Crippen molar-refractivity contribution in [2.24, 2.45) is 7.05 Å². The first-order valence-electron chi connectivity index (χ1n) is 5.64. The molecule has 96 valence electrons. The first-order valence-corrected chi connectivity index (χ1v) is 5.64. The summed E-state index contributed by atoms with van der Waals surface area (Å²) in [5.41, 5.74) is 1.02. The van der Waals surface area contributed by atoms with Crippen LogP contribution in [0.5, 0.6) is 0 Å². The van der Waals surface area contributed by atoms with Gasteiger partial charge in [0.1, 0.15) is 11.6 Å². The number of halogens is 2. The van der Waals surface area contributed by atoms with E-state index >= 15 is 0 Å². The maximum atomic E-state index is 14.1. The number of aromatic nitrogens is 2. The number of hydrogen-bond acceptors (Lipinski definition) is 2. The van der Waals surface area contributed by atoms with E-state index in [0.717, 1.165) is 0 Å². The zero-order chi connectivity index (χ0) is 13.3. The van der Waals surface area contributed by atoms with E-state index in [1.54, 1.807) is 31.1 Å². The third kappa shape index (κ3) is 2.13. The lowest BCUT2D eigenvalue weighted by molar-refractivity contribution is 0.514. The van der Waals surface area contributed by atoms with Crippen molar-refractivity contribution < 1.29 is 8.78 Å². The quantitative estimate of drug-likeness (QED) is 0.907. The molecule has 1 heterocycles. The molecule has 5 heteroatoms. The topological polar surface area (TPSA) is 29.9 Å². The molecule has 1 aromatic heterocycles. The monoisotopic (exact) mass is 251 g/mol. The fraction of sp³-hybridized carbons (Fsp3) is 0.308. The van der Waals surface area contributed by atoms with Crippen molar-refractivity contribution in [2.45, 2.75) is 13.0 Å². The SMILES string of the molecule is CNC(c1cn(C)cn1)c1c(F)ccc(C)c1F. The van der Waals surface area contributed by atoms with Crippen LogP contribution in [0.2, 0.25) is 0 Å². The molecule has 0 bridgehead atoms. The van der Waals surface area contributed by atoms with Gasteiger partial charge in [0.2, 0.25) is 0 Å². The Kier molecular flexibility index (Phi) is 3.43. The molecule has 0 saturated carbocycles. The van der Waals surface area contributed by atoms with Gasteiger partial charge in [0.05, 0.1) is 18.1 Å². The van der Waals surface area contributed by atoms with Crippen molar-refractivity contribution in [2.75, 3.05) is 7.05 Å². The van der Waals surface area contributed by atoms with Crippen LogP contribution in [0.3, 0.4) is 0 Å². The molecule has 2 aromatic rings. The van der Waals surface area contributed by atoms with Crippen molar-refractivity contribution in [1.82, 2.24) is 14.9 Å². The van der Waals surface area contributed by atoms with Gasteiger partial charge in [-0.15, -0.1) is 0 Å². The molecule has 2 rings (SSSR count). The van der Waals surface area contributed by atoms with Gasteiger partial charge in [0.15, 0.2) is 0 Å². The summed E-state index contributed by atoms with van der Waals surface area (Å²) in [4.78, 5) is 4.14. The lowest BCUT2D eigenvalue weighted by Gasteiger charge is -2.17. The molecule has 1 N–H and O–H groups in total. The Labute approximate surface area is 104 Å². The summed E-state index contributed by atoms with van der Waals surface area (Å²) in [7, 11) is 3.47. The van der Waals surface area contributed by atoms with E-state index in [0.29, 0.717) is 11.3 Å². The first-order chi connectivity index (χ1) is 8.54. The normalized spacial score (nSPS) is 12.7. The Morgan fingerprint density at radius 3 is 2.61 bits per heavy atom. The van der Waals surface area contributed by atoms with E-state index < -0.39 is 17.7 Å². The van der Waals surface area contributed by atoms with Crippen LogP contribution in [0.1, 0.15) is 22.9 Å². The Hall–Kier alpha value is -1.75. The minimum absolute atomic E-state index is 0.0104. The molecule has 3 nitrogen and oxygen atoms in total. The minimum atomic E-state index is -0.592. The first kappa shape index (κ1) is 12.7. The van der Waals surface area contributed by atoms with Crippen molar-refractivity contribution in [3.63, 3.8) is 0 Å². The third-order valence-electron chi connectivity index (χ3n) is 2.92. The predicted octanol–water partition coefficient (Wildman–Crippen LogP) is 2.32. The van der Waals surface area contributed by atoms with Crippen molar-refractivity contribution in [3.8, 4) is 0 Å². The smallest absolute Gasteiger partial charge is 0.134 e. The van der Waals surface area contributed by atoms with Gasteiger partial charge in [-0.2, -0.15) is 0 Å². The molecule has 0 fully saturated rings. The highest BCUT2D eigenvalue weighted by Crippen LogP contribution is 2.27. The van der Waals surface area contributed by atoms with E-state index in [1.807, 2.05) is 7.05 Å². The summed E-state index contributed by atoms with van der Waals surface area (Å²) in [6.07, 6.45) is 3.34. The number of nitrogens with zero attached hydrogens (tertiary/aromatic N) is 2. The predicted molar refractivity (Wildman–Crippen MR) is 65.2 cm³/mol. The average molecular weight is 251 g/mol. The van der Waals surface area contributed by atoms with E-state index in [2.05, 4.69) is 10.3 Å². The molecule has 1 aromatic carbocycles. The van der Waals surface area contributed by atoms with E-state index in [-0.39, 0.29) is 5.56 Å². The van der Waals surface area contributed by atoms with Crippen LogP contribution in [-0.2, 0) is 7.05 Å². The zero-order valence-corrected chi connectivity index (χ0v) is 10.5. The number of rotatable bonds is 3. The molecule has 0 spiro atoms. The van der Waals surface area contributed by atoms with Gasteiger partial charge in [-0.05, 0) is 25.6 Å². The van der Waals surface area contributed by atoms with Crippen LogP contribution in [0.25, 0.3) is 0 Å². The molecule has 18 heavy (non-hydrogen) atoms. The molecule has 0 amide bonds. The fourth-order valence-corrected chi connectivity index (χ4v) is 1.97. The Morgan fingerprint density at radius 2 is 2.06 bits per heavy atom. The number of nitrogens with one attached hydrogen (secondary N) is 1. The van der Waals surface area contributed by atoms with Gasteiger partial charge in [0.25, 0.3) is 0 Å². The summed E-state index contributed by atoms with van der Waals surface area (Å²) in [6, 6.07) is 2.12. The second kappa shape index (κ2) is 4.86. The summed E-state index contributed by atoms with van der Waals surface area (Å²) >= 11 is 0. The van der Waals surface area contributed by atoms with Crippen molar-refractivity contribution in [3.05, 3.63) is 53.1 Å². The highest BCUT2D eigenvalue weighted by Gasteiger charge is 2.23. The molecule has 0 saturated heterocycles. The van der Waals surface area contributed by atoms with Crippen LogP contribution in [-0.4, -0.2) is 16.6 Å².